The van der Waals surface area contributed by atoms with Crippen molar-refractivity contribution in [1.82, 2.24) is 4.98 Å². The molecule has 0 amide bonds. The first kappa shape index (κ1) is 15.2. The Morgan fingerprint density at radius 2 is 2.05 bits per heavy atom. The van der Waals surface area contributed by atoms with E-state index in [1.807, 2.05) is 11.9 Å². The van der Waals surface area contributed by atoms with Crippen LogP contribution in [-0.2, 0) is 0 Å². The highest BCUT2D eigenvalue weighted by molar-refractivity contribution is 9.10. The van der Waals surface area contributed by atoms with Crippen LogP contribution >= 0.6 is 15.9 Å². The van der Waals surface area contributed by atoms with E-state index in [1.54, 1.807) is 6.92 Å². The Labute approximate surface area is 126 Å². The van der Waals surface area contributed by atoms with Gasteiger partial charge in [0.1, 0.15) is 11.5 Å². The number of hydrogen-bond donors (Lipinski definition) is 1. The summed E-state index contributed by atoms with van der Waals surface area (Å²) in [6, 6.07) is 1.81. The number of rotatable bonds is 3. The van der Waals surface area contributed by atoms with Crippen molar-refractivity contribution in [3.63, 3.8) is 0 Å². The number of pyridine rings is 1. The fourth-order valence-corrected chi connectivity index (χ4v) is 3.19. The van der Waals surface area contributed by atoms with Gasteiger partial charge in [0, 0.05) is 19.2 Å². The Morgan fingerprint density at radius 3 is 2.60 bits per heavy atom. The number of aromatic nitrogens is 1. The highest BCUT2D eigenvalue weighted by atomic mass is 79.9. The van der Waals surface area contributed by atoms with Crippen molar-refractivity contribution in [2.45, 2.75) is 44.8 Å². The van der Waals surface area contributed by atoms with Crippen LogP contribution in [0.25, 0.3) is 0 Å². The Bertz CT molecular complexity index is 516. The van der Waals surface area contributed by atoms with E-state index < -0.39 is 4.92 Å². The quantitative estimate of drug-likeness (QED) is 0.674. The Kier molecular flexibility index (Phi) is 4.59. The third-order valence-electron chi connectivity index (χ3n) is 3.87. The van der Waals surface area contributed by atoms with Crippen molar-refractivity contribution in [2.75, 3.05) is 11.9 Å². The lowest BCUT2D eigenvalue weighted by Gasteiger charge is -2.34. The molecular weight excluding hydrogens is 326 g/mol. The Balaban J connectivity index is 2.24. The first-order valence-corrected chi connectivity index (χ1v) is 7.42. The zero-order valence-corrected chi connectivity index (χ0v) is 13.1. The summed E-state index contributed by atoms with van der Waals surface area (Å²) in [5.41, 5.74) is 0.434. The number of aryl methyl sites for hydroxylation is 1. The molecule has 0 atom stereocenters. The first-order chi connectivity index (χ1) is 9.40. The number of nitro groups is 1. The molecule has 1 fully saturated rings. The molecule has 2 rings (SSSR count). The predicted molar refractivity (Wildman–Crippen MR) is 80.0 cm³/mol. The van der Waals surface area contributed by atoms with E-state index in [0.29, 0.717) is 16.2 Å². The topological polar surface area (TPSA) is 79.5 Å². The van der Waals surface area contributed by atoms with Crippen LogP contribution in [0.15, 0.2) is 10.5 Å². The molecule has 0 bridgehead atoms. The van der Waals surface area contributed by atoms with Gasteiger partial charge < -0.3 is 10.0 Å². The first-order valence-electron chi connectivity index (χ1n) is 6.62. The van der Waals surface area contributed by atoms with Crippen LogP contribution in [0.3, 0.4) is 0 Å². The average molecular weight is 344 g/mol. The van der Waals surface area contributed by atoms with Gasteiger partial charge in [-0.15, -0.1) is 0 Å². The molecule has 0 spiro atoms. The maximum Gasteiger partial charge on any atom is 0.291 e. The van der Waals surface area contributed by atoms with Gasteiger partial charge in [-0.25, -0.2) is 4.98 Å². The molecule has 0 aromatic carbocycles. The fourth-order valence-electron chi connectivity index (χ4n) is 2.61. The lowest BCUT2D eigenvalue weighted by Crippen LogP contribution is -2.37. The standard InChI is InChI=1S/C13H18BrN3O3/c1-8-12(17(19)20)7-11(14)13(15-8)16(2)9-3-5-10(18)6-4-9/h7,9-10,18H,3-6H2,1-2H3. The van der Waals surface area contributed by atoms with Gasteiger partial charge in [-0.1, -0.05) is 0 Å². The monoisotopic (exact) mass is 343 g/mol. The maximum atomic E-state index is 10.9. The zero-order chi connectivity index (χ0) is 14.9. The minimum absolute atomic E-state index is 0.0214. The molecule has 0 radical (unpaired) electrons. The van der Waals surface area contributed by atoms with Crippen molar-refractivity contribution < 1.29 is 10.0 Å². The van der Waals surface area contributed by atoms with Gasteiger partial charge in [0.15, 0.2) is 0 Å². The van der Waals surface area contributed by atoms with E-state index in [9.17, 15) is 15.2 Å². The minimum Gasteiger partial charge on any atom is -0.393 e. The summed E-state index contributed by atoms with van der Waals surface area (Å²) in [4.78, 5) is 16.9. The number of anilines is 1. The van der Waals surface area contributed by atoms with Crippen molar-refractivity contribution >= 4 is 27.4 Å². The molecule has 0 saturated heterocycles. The van der Waals surface area contributed by atoms with Crippen molar-refractivity contribution in [2.24, 2.45) is 0 Å². The van der Waals surface area contributed by atoms with Crippen LogP contribution in [0.1, 0.15) is 31.4 Å². The smallest absolute Gasteiger partial charge is 0.291 e. The fraction of sp³-hybridized carbons (Fsp3) is 0.615. The molecule has 7 heteroatoms. The molecule has 1 aromatic heterocycles. The van der Waals surface area contributed by atoms with E-state index in [0.717, 1.165) is 31.5 Å². The summed E-state index contributed by atoms with van der Waals surface area (Å²) in [7, 11) is 1.95. The predicted octanol–water partition coefficient (Wildman–Crippen LogP) is 2.80. The highest BCUT2D eigenvalue weighted by Gasteiger charge is 2.26. The lowest BCUT2D eigenvalue weighted by molar-refractivity contribution is -0.385. The summed E-state index contributed by atoms with van der Waals surface area (Å²) in [6.07, 6.45) is 3.19. The Morgan fingerprint density at radius 1 is 1.45 bits per heavy atom. The molecule has 0 aliphatic heterocycles. The van der Waals surface area contributed by atoms with Crippen molar-refractivity contribution in [3.05, 3.63) is 26.3 Å². The number of aliphatic hydroxyl groups is 1. The van der Waals surface area contributed by atoms with Crippen LogP contribution in [0.4, 0.5) is 11.5 Å². The molecule has 110 valence electrons. The third kappa shape index (κ3) is 3.09. The zero-order valence-electron chi connectivity index (χ0n) is 11.5. The normalized spacial score (nSPS) is 22.6. The summed E-state index contributed by atoms with van der Waals surface area (Å²) < 4.78 is 0.628. The van der Waals surface area contributed by atoms with Crippen molar-refractivity contribution in [3.8, 4) is 0 Å². The molecule has 6 nitrogen and oxygen atoms in total. The molecule has 1 aliphatic rings. The molecule has 1 aromatic rings. The molecular formula is C13H18BrN3O3. The van der Waals surface area contributed by atoms with E-state index in [2.05, 4.69) is 20.9 Å². The highest BCUT2D eigenvalue weighted by Crippen LogP contribution is 2.33. The summed E-state index contributed by atoms with van der Waals surface area (Å²) in [6.45, 7) is 1.65. The molecule has 1 N–H and O–H groups in total. The van der Waals surface area contributed by atoms with Gasteiger partial charge in [0.2, 0.25) is 0 Å². The maximum absolute atomic E-state index is 10.9. The van der Waals surface area contributed by atoms with Gasteiger partial charge >= 0.3 is 0 Å². The average Bonchev–Trinajstić information content (AvgIpc) is 2.40. The van der Waals surface area contributed by atoms with Crippen LogP contribution < -0.4 is 4.90 Å². The second-order valence-electron chi connectivity index (χ2n) is 5.23. The van der Waals surface area contributed by atoms with E-state index in [4.69, 9.17) is 0 Å². The third-order valence-corrected chi connectivity index (χ3v) is 4.45. The molecule has 1 aliphatic carbocycles. The molecule has 0 unspecified atom stereocenters. The number of aliphatic hydroxyl groups excluding tert-OH is 1. The van der Waals surface area contributed by atoms with Gasteiger partial charge in [-0.3, -0.25) is 10.1 Å². The molecule has 1 saturated carbocycles. The largest absolute Gasteiger partial charge is 0.393 e. The van der Waals surface area contributed by atoms with Gasteiger partial charge in [0.25, 0.3) is 5.69 Å². The van der Waals surface area contributed by atoms with E-state index in [1.165, 1.54) is 6.07 Å². The summed E-state index contributed by atoms with van der Waals surface area (Å²) >= 11 is 3.37. The van der Waals surface area contributed by atoms with Crippen LogP contribution in [0.2, 0.25) is 0 Å². The van der Waals surface area contributed by atoms with Gasteiger partial charge in [0.05, 0.1) is 15.5 Å². The molecule has 20 heavy (non-hydrogen) atoms. The minimum atomic E-state index is -0.423. The van der Waals surface area contributed by atoms with Crippen molar-refractivity contribution in [1.29, 1.82) is 0 Å². The number of halogens is 1. The second kappa shape index (κ2) is 6.05. The Hall–Kier alpha value is -1.21. The van der Waals surface area contributed by atoms with E-state index in [-0.39, 0.29) is 11.8 Å². The van der Waals surface area contributed by atoms with Gasteiger partial charge in [-0.2, -0.15) is 0 Å². The molecule has 1 heterocycles. The SMILES string of the molecule is Cc1nc(N(C)C2CCC(O)CC2)c(Br)cc1[N+](=O)[O-]. The number of nitrogens with zero attached hydrogens (tertiary/aromatic N) is 3. The van der Waals surface area contributed by atoms with E-state index >= 15 is 0 Å². The van der Waals surface area contributed by atoms with Crippen LogP contribution in [-0.4, -0.2) is 34.2 Å². The van der Waals surface area contributed by atoms with Crippen LogP contribution in [0.5, 0.6) is 0 Å². The second-order valence-corrected chi connectivity index (χ2v) is 6.08. The lowest BCUT2D eigenvalue weighted by atomic mass is 9.92. The van der Waals surface area contributed by atoms with Gasteiger partial charge in [-0.05, 0) is 48.5 Å². The number of hydrogen-bond acceptors (Lipinski definition) is 5. The summed E-state index contributed by atoms with van der Waals surface area (Å²) in [5, 5.41) is 20.5. The summed E-state index contributed by atoms with van der Waals surface area (Å²) in [5.74, 6) is 0.717. The van der Waals surface area contributed by atoms with Crippen LogP contribution in [0, 0.1) is 17.0 Å².